The molecule has 0 aromatic rings. The lowest BCUT2D eigenvalue weighted by atomic mass is 10.1. The third kappa shape index (κ3) is 4.21. The highest BCUT2D eigenvalue weighted by Gasteiger charge is 2.20. The first kappa shape index (κ1) is 12.9. The number of hydrazine groups is 1. The fraction of sp³-hybridized carbons (Fsp3) is 0.778. The van der Waals surface area contributed by atoms with Gasteiger partial charge in [-0.1, -0.05) is 13.3 Å². The summed E-state index contributed by atoms with van der Waals surface area (Å²) >= 11 is 0. The summed E-state index contributed by atoms with van der Waals surface area (Å²) in [5.41, 5.74) is 2.14. The molecule has 1 unspecified atom stereocenters. The molecule has 0 aromatic heterocycles. The second kappa shape index (κ2) is 7.30. The smallest absolute Gasteiger partial charge is 0.251 e. The number of nitriles is 1. The average molecular weight is 198 g/mol. The van der Waals surface area contributed by atoms with Gasteiger partial charge in [0.1, 0.15) is 0 Å². The Morgan fingerprint density at radius 2 is 2.36 bits per heavy atom. The number of hydrogen-bond acceptors (Lipinski definition) is 4. The predicted octanol–water partition coefficient (Wildman–Crippen LogP) is -0.00952. The zero-order valence-electron chi connectivity index (χ0n) is 8.79. The van der Waals surface area contributed by atoms with Crippen LogP contribution in [0.2, 0.25) is 0 Å². The summed E-state index contributed by atoms with van der Waals surface area (Å²) in [6.07, 6.45) is 2.09. The van der Waals surface area contributed by atoms with Gasteiger partial charge in [0, 0.05) is 13.0 Å². The Bertz CT molecular complexity index is 211. The van der Waals surface area contributed by atoms with Crippen LogP contribution in [-0.2, 0) is 4.79 Å². The van der Waals surface area contributed by atoms with Gasteiger partial charge in [-0.2, -0.15) is 5.26 Å². The van der Waals surface area contributed by atoms with Gasteiger partial charge in [0.05, 0.1) is 12.1 Å². The molecule has 1 amide bonds. The fourth-order valence-corrected chi connectivity index (χ4v) is 1.30. The molecule has 0 spiro atoms. The van der Waals surface area contributed by atoms with Crippen LogP contribution in [0, 0.1) is 11.3 Å². The van der Waals surface area contributed by atoms with Crippen molar-refractivity contribution in [3.8, 4) is 6.07 Å². The van der Waals surface area contributed by atoms with Crippen molar-refractivity contribution in [1.29, 1.82) is 5.26 Å². The largest absolute Gasteiger partial charge is 0.294 e. The van der Waals surface area contributed by atoms with E-state index in [1.807, 2.05) is 24.9 Å². The van der Waals surface area contributed by atoms with Crippen molar-refractivity contribution in [2.75, 3.05) is 13.6 Å². The Hall–Kier alpha value is -1.12. The van der Waals surface area contributed by atoms with Crippen molar-refractivity contribution in [2.24, 2.45) is 5.84 Å². The number of nitrogens with two attached hydrogens (primary N) is 1. The lowest BCUT2D eigenvalue weighted by molar-refractivity contribution is -0.126. The molecule has 0 aliphatic carbocycles. The van der Waals surface area contributed by atoms with Crippen LogP contribution in [0.15, 0.2) is 0 Å². The molecule has 0 aliphatic rings. The van der Waals surface area contributed by atoms with Gasteiger partial charge in [-0.3, -0.25) is 15.1 Å². The lowest BCUT2D eigenvalue weighted by Crippen LogP contribution is -2.47. The minimum Gasteiger partial charge on any atom is -0.294 e. The highest BCUT2D eigenvalue weighted by atomic mass is 16.2. The molecule has 1 atom stereocenters. The Kier molecular flexibility index (Phi) is 6.72. The molecule has 80 valence electrons. The minimum absolute atomic E-state index is 0.188. The zero-order chi connectivity index (χ0) is 11.0. The van der Waals surface area contributed by atoms with Gasteiger partial charge in [0.25, 0.3) is 5.91 Å². The normalized spacial score (nSPS) is 12.2. The number of rotatable bonds is 6. The second-order valence-electron chi connectivity index (χ2n) is 3.20. The molecular formula is C9H18N4O. The quantitative estimate of drug-likeness (QED) is 0.357. The summed E-state index contributed by atoms with van der Waals surface area (Å²) in [6, 6.07) is 1.82. The van der Waals surface area contributed by atoms with Gasteiger partial charge in [-0.25, -0.2) is 5.84 Å². The SMILES string of the molecule is CCCC(C(=O)NN)N(C)CCC#N. The number of carbonyl (C=O) groups excluding carboxylic acids is 1. The molecule has 5 nitrogen and oxygen atoms in total. The molecule has 0 heterocycles. The zero-order valence-corrected chi connectivity index (χ0v) is 8.79. The maximum atomic E-state index is 11.3. The van der Waals surface area contributed by atoms with E-state index in [2.05, 4.69) is 5.43 Å². The Morgan fingerprint density at radius 1 is 1.71 bits per heavy atom. The summed E-state index contributed by atoms with van der Waals surface area (Å²) in [6.45, 7) is 2.60. The molecule has 0 radical (unpaired) electrons. The molecule has 14 heavy (non-hydrogen) atoms. The molecule has 0 fully saturated rings. The van der Waals surface area contributed by atoms with Gasteiger partial charge < -0.3 is 0 Å². The number of carbonyl (C=O) groups is 1. The van der Waals surface area contributed by atoms with E-state index in [0.717, 1.165) is 12.8 Å². The summed E-state index contributed by atoms with van der Waals surface area (Å²) in [5.74, 6) is 4.89. The van der Waals surface area contributed by atoms with E-state index in [-0.39, 0.29) is 11.9 Å². The molecule has 0 saturated carbocycles. The molecule has 0 aromatic carbocycles. The van der Waals surface area contributed by atoms with Crippen LogP contribution in [0.3, 0.4) is 0 Å². The number of nitrogens with one attached hydrogen (secondary N) is 1. The van der Waals surface area contributed by atoms with Crippen molar-refractivity contribution in [2.45, 2.75) is 32.2 Å². The molecule has 0 aliphatic heterocycles. The number of nitrogens with zero attached hydrogens (tertiary/aromatic N) is 2. The van der Waals surface area contributed by atoms with Crippen LogP contribution < -0.4 is 11.3 Å². The van der Waals surface area contributed by atoms with Crippen molar-refractivity contribution < 1.29 is 4.79 Å². The Labute approximate surface area is 84.8 Å². The standard InChI is InChI=1S/C9H18N4O/c1-3-5-8(9(14)12-11)13(2)7-4-6-10/h8H,3-5,7,11H2,1-2H3,(H,12,14). The summed E-state index contributed by atoms with van der Waals surface area (Å²) < 4.78 is 0. The molecule has 0 bridgehead atoms. The Balaban J connectivity index is 4.18. The van der Waals surface area contributed by atoms with Gasteiger partial charge in [0.2, 0.25) is 0 Å². The highest BCUT2D eigenvalue weighted by molar-refractivity contribution is 5.81. The average Bonchev–Trinajstić information content (AvgIpc) is 2.21. The van der Waals surface area contributed by atoms with E-state index in [1.54, 1.807) is 0 Å². The van der Waals surface area contributed by atoms with Crippen LogP contribution in [0.1, 0.15) is 26.2 Å². The van der Waals surface area contributed by atoms with Crippen molar-refractivity contribution >= 4 is 5.91 Å². The highest BCUT2D eigenvalue weighted by Crippen LogP contribution is 2.05. The van der Waals surface area contributed by atoms with Gasteiger partial charge in [-0.05, 0) is 13.5 Å². The minimum atomic E-state index is -0.224. The summed E-state index contributed by atoms with van der Waals surface area (Å²) in [4.78, 5) is 13.2. The van der Waals surface area contributed by atoms with Crippen LogP contribution in [-0.4, -0.2) is 30.4 Å². The Morgan fingerprint density at radius 3 is 2.79 bits per heavy atom. The maximum Gasteiger partial charge on any atom is 0.251 e. The van der Waals surface area contributed by atoms with Crippen molar-refractivity contribution in [3.05, 3.63) is 0 Å². The molecule has 0 rings (SSSR count). The van der Waals surface area contributed by atoms with E-state index < -0.39 is 0 Å². The third-order valence-electron chi connectivity index (χ3n) is 2.12. The number of likely N-dealkylation sites (N-methyl/N-ethyl adjacent to an activating group) is 1. The van der Waals surface area contributed by atoms with Gasteiger partial charge >= 0.3 is 0 Å². The summed E-state index contributed by atoms with van der Waals surface area (Å²) in [7, 11) is 1.83. The number of hydrogen-bond donors (Lipinski definition) is 2. The monoisotopic (exact) mass is 198 g/mol. The first-order chi connectivity index (χ1) is 6.67. The van der Waals surface area contributed by atoms with Crippen LogP contribution in [0.4, 0.5) is 0 Å². The second-order valence-corrected chi connectivity index (χ2v) is 3.20. The third-order valence-corrected chi connectivity index (χ3v) is 2.12. The summed E-state index contributed by atoms with van der Waals surface area (Å²) in [5, 5.41) is 8.42. The number of amides is 1. The van der Waals surface area contributed by atoms with Crippen molar-refractivity contribution in [1.82, 2.24) is 10.3 Å². The molecule has 5 heteroatoms. The van der Waals surface area contributed by atoms with Crippen LogP contribution >= 0.6 is 0 Å². The van der Waals surface area contributed by atoms with Crippen LogP contribution in [0.5, 0.6) is 0 Å². The topological polar surface area (TPSA) is 82.2 Å². The van der Waals surface area contributed by atoms with E-state index in [1.165, 1.54) is 0 Å². The first-order valence-electron chi connectivity index (χ1n) is 4.75. The first-order valence-corrected chi connectivity index (χ1v) is 4.75. The van der Waals surface area contributed by atoms with Crippen LogP contribution in [0.25, 0.3) is 0 Å². The van der Waals surface area contributed by atoms with Gasteiger partial charge in [0.15, 0.2) is 0 Å². The van der Waals surface area contributed by atoms with E-state index >= 15 is 0 Å². The predicted molar refractivity (Wildman–Crippen MR) is 53.9 cm³/mol. The van der Waals surface area contributed by atoms with E-state index in [0.29, 0.717) is 13.0 Å². The van der Waals surface area contributed by atoms with Gasteiger partial charge in [-0.15, -0.1) is 0 Å². The molecule has 3 N–H and O–H groups in total. The maximum absolute atomic E-state index is 11.3. The fourth-order valence-electron chi connectivity index (χ4n) is 1.30. The molecular weight excluding hydrogens is 180 g/mol. The van der Waals surface area contributed by atoms with E-state index in [4.69, 9.17) is 11.1 Å². The lowest BCUT2D eigenvalue weighted by Gasteiger charge is -2.25. The molecule has 0 saturated heterocycles. The van der Waals surface area contributed by atoms with E-state index in [9.17, 15) is 4.79 Å². The van der Waals surface area contributed by atoms with Crippen molar-refractivity contribution in [3.63, 3.8) is 0 Å².